The summed E-state index contributed by atoms with van der Waals surface area (Å²) in [6, 6.07) is 7.15. The van der Waals surface area contributed by atoms with Crippen LogP contribution in [0, 0.1) is 28.8 Å². The number of nitriles is 1. The summed E-state index contributed by atoms with van der Waals surface area (Å²) in [5.74, 6) is -3.90. The second-order valence-electron chi connectivity index (χ2n) is 5.19. The van der Waals surface area contributed by atoms with Gasteiger partial charge in [0, 0.05) is 0 Å². The molecule has 2 aromatic carbocycles. The lowest BCUT2D eigenvalue weighted by Gasteiger charge is -2.21. The standard InChI is InChI=1S/C17H13F3N2O2/c1-9(16(23)11-2-4-12(18)5-3-11)22-17(24)15-13(19)6-10(8-21)7-14(15)20/h2-7,9,16,23H,1H3,(H,22,24). The average molecular weight is 334 g/mol. The van der Waals surface area contributed by atoms with E-state index in [1.54, 1.807) is 6.07 Å². The van der Waals surface area contributed by atoms with Gasteiger partial charge in [-0.15, -0.1) is 0 Å². The van der Waals surface area contributed by atoms with E-state index < -0.39 is 41.1 Å². The fraction of sp³-hybridized carbons (Fsp3) is 0.176. The van der Waals surface area contributed by atoms with Crippen LogP contribution in [0.5, 0.6) is 0 Å². The third-order valence-corrected chi connectivity index (χ3v) is 3.44. The minimum Gasteiger partial charge on any atom is -0.386 e. The molecule has 0 aliphatic heterocycles. The fourth-order valence-electron chi connectivity index (χ4n) is 2.16. The lowest BCUT2D eigenvalue weighted by Crippen LogP contribution is -2.38. The molecule has 0 saturated heterocycles. The Morgan fingerprint density at radius 3 is 2.21 bits per heavy atom. The Balaban J connectivity index is 2.17. The third-order valence-electron chi connectivity index (χ3n) is 3.44. The summed E-state index contributed by atoms with van der Waals surface area (Å²) in [6.45, 7) is 1.44. The summed E-state index contributed by atoms with van der Waals surface area (Å²) in [6.07, 6.45) is -1.20. The van der Waals surface area contributed by atoms with Crippen molar-refractivity contribution in [2.75, 3.05) is 0 Å². The van der Waals surface area contributed by atoms with Crippen LogP contribution in [0.25, 0.3) is 0 Å². The van der Waals surface area contributed by atoms with E-state index in [9.17, 15) is 23.1 Å². The van der Waals surface area contributed by atoms with E-state index in [2.05, 4.69) is 5.32 Å². The van der Waals surface area contributed by atoms with Crippen molar-refractivity contribution in [3.05, 3.63) is 70.5 Å². The highest BCUT2D eigenvalue weighted by Gasteiger charge is 2.23. The molecule has 0 heterocycles. The number of amides is 1. The Labute approximate surface area is 136 Å². The maximum atomic E-state index is 13.8. The van der Waals surface area contributed by atoms with Crippen molar-refractivity contribution in [1.29, 1.82) is 5.26 Å². The number of aliphatic hydroxyl groups excluding tert-OH is 1. The average Bonchev–Trinajstić information content (AvgIpc) is 2.54. The van der Waals surface area contributed by atoms with Crippen LogP contribution >= 0.6 is 0 Å². The molecular weight excluding hydrogens is 321 g/mol. The zero-order chi connectivity index (χ0) is 17.9. The molecule has 7 heteroatoms. The normalized spacial score (nSPS) is 13.0. The highest BCUT2D eigenvalue weighted by Crippen LogP contribution is 2.19. The van der Waals surface area contributed by atoms with Gasteiger partial charge < -0.3 is 10.4 Å². The number of nitrogens with zero attached hydrogens (tertiary/aromatic N) is 1. The first-order valence-electron chi connectivity index (χ1n) is 6.97. The van der Waals surface area contributed by atoms with E-state index in [1.165, 1.54) is 19.1 Å². The van der Waals surface area contributed by atoms with Gasteiger partial charge in [0.15, 0.2) is 0 Å². The smallest absolute Gasteiger partial charge is 0.257 e. The molecule has 0 spiro atoms. The molecule has 0 fully saturated rings. The molecule has 0 radical (unpaired) electrons. The van der Waals surface area contributed by atoms with Crippen molar-refractivity contribution in [3.63, 3.8) is 0 Å². The van der Waals surface area contributed by atoms with Gasteiger partial charge in [0.05, 0.1) is 23.8 Å². The molecule has 0 saturated carbocycles. The Kier molecular flexibility index (Phi) is 5.21. The van der Waals surface area contributed by atoms with Gasteiger partial charge in [-0.2, -0.15) is 5.26 Å². The number of rotatable bonds is 4. The summed E-state index contributed by atoms with van der Waals surface area (Å²) in [5.41, 5.74) is -0.752. The molecule has 2 aromatic rings. The van der Waals surface area contributed by atoms with E-state index in [0.717, 1.165) is 24.3 Å². The summed E-state index contributed by atoms with van der Waals surface area (Å²) >= 11 is 0. The molecule has 1 amide bonds. The van der Waals surface area contributed by atoms with Gasteiger partial charge in [-0.05, 0) is 36.8 Å². The number of hydrogen-bond acceptors (Lipinski definition) is 3. The number of halogens is 3. The van der Waals surface area contributed by atoms with Crippen LogP contribution < -0.4 is 5.32 Å². The topological polar surface area (TPSA) is 73.1 Å². The van der Waals surface area contributed by atoms with Crippen LogP contribution in [-0.4, -0.2) is 17.1 Å². The van der Waals surface area contributed by atoms with Crippen LogP contribution in [0.2, 0.25) is 0 Å². The quantitative estimate of drug-likeness (QED) is 0.903. The summed E-state index contributed by atoms with van der Waals surface area (Å²) in [5, 5.41) is 21.0. The van der Waals surface area contributed by atoms with Gasteiger partial charge in [-0.1, -0.05) is 12.1 Å². The van der Waals surface area contributed by atoms with Gasteiger partial charge in [0.1, 0.15) is 23.0 Å². The van der Waals surface area contributed by atoms with Crippen molar-refractivity contribution in [2.45, 2.75) is 19.1 Å². The lowest BCUT2D eigenvalue weighted by molar-refractivity contribution is 0.0844. The number of carbonyl (C=O) groups excluding carboxylic acids is 1. The van der Waals surface area contributed by atoms with Gasteiger partial charge in [0.2, 0.25) is 0 Å². The Morgan fingerprint density at radius 1 is 1.17 bits per heavy atom. The Morgan fingerprint density at radius 2 is 1.71 bits per heavy atom. The van der Waals surface area contributed by atoms with Gasteiger partial charge in [0.25, 0.3) is 5.91 Å². The minimum atomic E-state index is -1.20. The number of carbonyl (C=O) groups is 1. The third kappa shape index (κ3) is 3.73. The SMILES string of the molecule is CC(NC(=O)c1c(F)cc(C#N)cc1F)C(O)c1ccc(F)cc1. The van der Waals surface area contributed by atoms with Crippen molar-refractivity contribution >= 4 is 5.91 Å². The number of nitrogens with one attached hydrogen (secondary N) is 1. The second-order valence-corrected chi connectivity index (χ2v) is 5.19. The van der Waals surface area contributed by atoms with Gasteiger partial charge >= 0.3 is 0 Å². The van der Waals surface area contributed by atoms with Crippen LogP contribution in [0.4, 0.5) is 13.2 Å². The number of aliphatic hydroxyl groups is 1. The van der Waals surface area contributed by atoms with Crippen LogP contribution in [-0.2, 0) is 0 Å². The summed E-state index contributed by atoms with van der Waals surface area (Å²) in [4.78, 5) is 12.0. The van der Waals surface area contributed by atoms with Crippen molar-refractivity contribution in [2.24, 2.45) is 0 Å². The molecule has 124 valence electrons. The lowest BCUT2D eigenvalue weighted by atomic mass is 10.0. The molecule has 24 heavy (non-hydrogen) atoms. The first-order chi connectivity index (χ1) is 11.3. The molecule has 2 atom stereocenters. The molecule has 0 aliphatic carbocycles. The molecule has 0 bridgehead atoms. The minimum absolute atomic E-state index is 0.249. The summed E-state index contributed by atoms with van der Waals surface area (Å²) < 4.78 is 40.5. The van der Waals surface area contributed by atoms with Crippen LogP contribution in [0.15, 0.2) is 36.4 Å². The van der Waals surface area contributed by atoms with E-state index in [0.29, 0.717) is 5.56 Å². The fourth-order valence-corrected chi connectivity index (χ4v) is 2.16. The molecule has 2 N–H and O–H groups in total. The zero-order valence-corrected chi connectivity index (χ0v) is 12.6. The zero-order valence-electron chi connectivity index (χ0n) is 12.6. The molecular formula is C17H13F3N2O2. The molecule has 2 rings (SSSR count). The number of benzene rings is 2. The first kappa shape index (κ1) is 17.5. The van der Waals surface area contributed by atoms with E-state index in [-0.39, 0.29) is 5.56 Å². The van der Waals surface area contributed by atoms with Crippen molar-refractivity contribution in [1.82, 2.24) is 5.32 Å². The highest BCUT2D eigenvalue weighted by molar-refractivity contribution is 5.95. The van der Waals surface area contributed by atoms with Crippen LogP contribution in [0.1, 0.15) is 34.5 Å². The maximum absolute atomic E-state index is 13.8. The van der Waals surface area contributed by atoms with E-state index >= 15 is 0 Å². The highest BCUT2D eigenvalue weighted by atomic mass is 19.1. The van der Waals surface area contributed by atoms with E-state index in [4.69, 9.17) is 5.26 Å². The Hall–Kier alpha value is -2.85. The van der Waals surface area contributed by atoms with Gasteiger partial charge in [-0.25, -0.2) is 13.2 Å². The second kappa shape index (κ2) is 7.15. The van der Waals surface area contributed by atoms with E-state index in [1.807, 2.05) is 0 Å². The number of hydrogen-bond donors (Lipinski definition) is 2. The molecule has 2 unspecified atom stereocenters. The molecule has 4 nitrogen and oxygen atoms in total. The monoisotopic (exact) mass is 334 g/mol. The molecule has 0 aromatic heterocycles. The van der Waals surface area contributed by atoms with Crippen molar-refractivity contribution in [3.8, 4) is 6.07 Å². The predicted octanol–water partition coefficient (Wildman–Crippen LogP) is 2.83. The van der Waals surface area contributed by atoms with Gasteiger partial charge in [-0.3, -0.25) is 4.79 Å². The van der Waals surface area contributed by atoms with Crippen LogP contribution in [0.3, 0.4) is 0 Å². The summed E-state index contributed by atoms with van der Waals surface area (Å²) in [7, 11) is 0. The first-order valence-corrected chi connectivity index (χ1v) is 6.97. The maximum Gasteiger partial charge on any atom is 0.257 e. The Bertz CT molecular complexity index is 777. The predicted molar refractivity (Wildman–Crippen MR) is 79.4 cm³/mol. The molecule has 0 aliphatic rings. The van der Waals surface area contributed by atoms with Crippen molar-refractivity contribution < 1.29 is 23.1 Å². The largest absolute Gasteiger partial charge is 0.386 e.